The van der Waals surface area contributed by atoms with Crippen molar-refractivity contribution in [2.45, 2.75) is 18.8 Å². The zero-order chi connectivity index (χ0) is 25.3. The molecule has 3 aromatic carbocycles. The number of hydrogen-bond donors (Lipinski definition) is 2. The van der Waals surface area contributed by atoms with Gasteiger partial charge in [0.25, 0.3) is 11.7 Å². The molecular formula is C26H20F3NO5. The molecule has 0 bridgehead atoms. The van der Waals surface area contributed by atoms with Gasteiger partial charge in [0, 0.05) is 12.1 Å². The topological polar surface area (TPSA) is 87.1 Å². The van der Waals surface area contributed by atoms with E-state index in [1.165, 1.54) is 55.6 Å². The second kappa shape index (κ2) is 9.17. The number of alkyl halides is 3. The minimum atomic E-state index is -4.57. The highest BCUT2D eigenvalue weighted by molar-refractivity contribution is 6.46. The fourth-order valence-electron chi connectivity index (χ4n) is 3.99. The van der Waals surface area contributed by atoms with Crippen LogP contribution in [-0.2, 0) is 22.3 Å². The average molecular weight is 483 g/mol. The van der Waals surface area contributed by atoms with Crippen molar-refractivity contribution >= 4 is 17.4 Å². The van der Waals surface area contributed by atoms with Crippen LogP contribution >= 0.6 is 0 Å². The minimum absolute atomic E-state index is 0.0567. The summed E-state index contributed by atoms with van der Waals surface area (Å²) < 4.78 is 44.7. The number of likely N-dealkylation sites (tertiary alicyclic amines) is 1. The molecule has 180 valence electrons. The number of carbonyl (C=O) groups excluding carboxylic acids is 2. The van der Waals surface area contributed by atoms with Crippen LogP contribution in [0.1, 0.15) is 28.3 Å². The molecule has 4 rings (SSSR count). The number of ether oxygens (including phenoxy) is 1. The molecule has 1 atom stereocenters. The van der Waals surface area contributed by atoms with Gasteiger partial charge in [-0.25, -0.2) is 0 Å². The van der Waals surface area contributed by atoms with E-state index in [9.17, 15) is 33.0 Å². The maximum Gasteiger partial charge on any atom is 0.416 e. The summed E-state index contributed by atoms with van der Waals surface area (Å²) >= 11 is 0. The molecule has 1 fully saturated rings. The molecular weight excluding hydrogens is 463 g/mol. The maximum absolute atomic E-state index is 13.2. The first-order valence-corrected chi connectivity index (χ1v) is 10.5. The van der Waals surface area contributed by atoms with Gasteiger partial charge in [-0.1, -0.05) is 24.3 Å². The van der Waals surface area contributed by atoms with Crippen LogP contribution in [-0.4, -0.2) is 33.9 Å². The SMILES string of the molecule is COc1ccc(/C(O)=C2\C(=O)C(=O)N(Cc3cccc(C(F)(F)F)c3)C2c2ccc(O)cc2)cc1. The molecule has 1 saturated heterocycles. The number of nitrogens with zero attached hydrogens (tertiary/aromatic N) is 1. The highest BCUT2D eigenvalue weighted by Crippen LogP contribution is 2.41. The van der Waals surface area contributed by atoms with Crippen LogP contribution in [0.15, 0.2) is 78.4 Å². The summed E-state index contributed by atoms with van der Waals surface area (Å²) in [7, 11) is 1.47. The summed E-state index contributed by atoms with van der Waals surface area (Å²) in [6, 6.07) is 15.2. The Morgan fingerprint density at radius 2 is 1.66 bits per heavy atom. The predicted octanol–water partition coefficient (Wildman–Crippen LogP) is 5.04. The Kier molecular flexibility index (Phi) is 6.26. The van der Waals surface area contributed by atoms with Crippen molar-refractivity contribution in [1.29, 1.82) is 0 Å². The quantitative estimate of drug-likeness (QED) is 0.302. The molecule has 0 spiro atoms. The van der Waals surface area contributed by atoms with Crippen LogP contribution in [0.4, 0.5) is 13.2 Å². The van der Waals surface area contributed by atoms with Crippen LogP contribution in [0.25, 0.3) is 5.76 Å². The highest BCUT2D eigenvalue weighted by Gasteiger charge is 2.46. The average Bonchev–Trinajstić information content (AvgIpc) is 3.09. The number of Topliss-reactive ketones (excluding diaryl/α,β-unsaturated/α-hetero) is 1. The Morgan fingerprint density at radius 3 is 2.26 bits per heavy atom. The van der Waals surface area contributed by atoms with Gasteiger partial charge in [0.05, 0.1) is 24.3 Å². The standard InChI is InChI=1S/C26H20F3NO5/c1-35-20-11-7-17(8-12-20)23(32)21-22(16-5-9-19(31)10-6-16)30(25(34)24(21)33)14-15-3-2-4-18(13-15)26(27,28)29/h2-13,22,31-32H,14H2,1H3/b23-21+. The number of aliphatic hydroxyl groups excluding tert-OH is 1. The van der Waals surface area contributed by atoms with Crippen LogP contribution < -0.4 is 4.74 Å². The Bertz CT molecular complexity index is 1300. The van der Waals surface area contributed by atoms with Gasteiger partial charge in [-0.2, -0.15) is 13.2 Å². The van der Waals surface area contributed by atoms with E-state index in [0.717, 1.165) is 17.0 Å². The number of amides is 1. The number of hydrogen-bond acceptors (Lipinski definition) is 5. The number of phenols is 1. The molecule has 0 radical (unpaired) electrons. The van der Waals surface area contributed by atoms with Gasteiger partial charge in [-0.05, 0) is 59.7 Å². The third-order valence-electron chi connectivity index (χ3n) is 5.72. The number of halogens is 3. The fourth-order valence-corrected chi connectivity index (χ4v) is 3.99. The van der Waals surface area contributed by atoms with E-state index in [2.05, 4.69) is 0 Å². The summed E-state index contributed by atoms with van der Waals surface area (Å²) in [6.45, 7) is -0.306. The molecule has 1 aliphatic heterocycles. The van der Waals surface area contributed by atoms with Gasteiger partial charge in [-0.3, -0.25) is 9.59 Å². The second-order valence-electron chi connectivity index (χ2n) is 7.95. The van der Waals surface area contributed by atoms with Crippen molar-refractivity contribution in [3.8, 4) is 11.5 Å². The zero-order valence-corrected chi connectivity index (χ0v) is 18.4. The first kappa shape index (κ1) is 23.9. The molecule has 3 aromatic rings. The van der Waals surface area contributed by atoms with E-state index < -0.39 is 35.2 Å². The first-order valence-electron chi connectivity index (χ1n) is 10.5. The van der Waals surface area contributed by atoms with Crippen molar-refractivity contribution in [2.75, 3.05) is 7.11 Å². The predicted molar refractivity (Wildman–Crippen MR) is 120 cm³/mol. The van der Waals surface area contributed by atoms with Crippen molar-refractivity contribution in [1.82, 2.24) is 4.90 Å². The number of ketones is 1. The van der Waals surface area contributed by atoms with Gasteiger partial charge in [0.1, 0.15) is 17.3 Å². The Balaban J connectivity index is 1.82. The third-order valence-corrected chi connectivity index (χ3v) is 5.72. The summed E-state index contributed by atoms with van der Waals surface area (Å²) in [6.07, 6.45) is -4.57. The van der Waals surface area contributed by atoms with Crippen molar-refractivity contribution in [3.63, 3.8) is 0 Å². The number of rotatable bonds is 5. The lowest BCUT2D eigenvalue weighted by atomic mass is 9.95. The number of carbonyl (C=O) groups is 2. The lowest BCUT2D eigenvalue weighted by molar-refractivity contribution is -0.140. The lowest BCUT2D eigenvalue weighted by Crippen LogP contribution is -2.29. The van der Waals surface area contributed by atoms with Gasteiger partial charge in [-0.15, -0.1) is 0 Å². The molecule has 0 aromatic heterocycles. The number of aliphatic hydroxyl groups is 1. The largest absolute Gasteiger partial charge is 0.508 e. The van der Waals surface area contributed by atoms with E-state index >= 15 is 0 Å². The van der Waals surface area contributed by atoms with Crippen molar-refractivity contribution < 1.29 is 37.7 Å². The number of methoxy groups -OCH3 is 1. The maximum atomic E-state index is 13.2. The van der Waals surface area contributed by atoms with E-state index in [1.54, 1.807) is 12.1 Å². The smallest absolute Gasteiger partial charge is 0.416 e. The first-order chi connectivity index (χ1) is 16.6. The Morgan fingerprint density at radius 1 is 1.00 bits per heavy atom. The molecule has 6 nitrogen and oxygen atoms in total. The summed E-state index contributed by atoms with van der Waals surface area (Å²) in [5, 5.41) is 20.7. The van der Waals surface area contributed by atoms with Crippen molar-refractivity contribution in [2.24, 2.45) is 0 Å². The zero-order valence-electron chi connectivity index (χ0n) is 18.4. The second-order valence-corrected chi connectivity index (χ2v) is 7.95. The monoisotopic (exact) mass is 483 g/mol. The van der Waals surface area contributed by atoms with Crippen LogP contribution in [0.5, 0.6) is 11.5 Å². The normalized spacial score (nSPS) is 17.6. The van der Waals surface area contributed by atoms with Gasteiger partial charge in [0.2, 0.25) is 0 Å². The number of aromatic hydroxyl groups is 1. The molecule has 2 N–H and O–H groups in total. The number of benzene rings is 3. The summed E-state index contributed by atoms with van der Waals surface area (Å²) in [5.41, 5.74) is -0.283. The molecule has 1 aliphatic rings. The molecule has 1 heterocycles. The summed E-state index contributed by atoms with van der Waals surface area (Å²) in [4.78, 5) is 27.2. The van der Waals surface area contributed by atoms with Gasteiger partial charge < -0.3 is 19.8 Å². The van der Waals surface area contributed by atoms with Crippen LogP contribution in [0, 0.1) is 0 Å². The van der Waals surface area contributed by atoms with E-state index in [-0.39, 0.29) is 29.0 Å². The molecule has 9 heteroatoms. The fraction of sp³-hybridized carbons (Fsp3) is 0.154. The Labute approximate surface area is 198 Å². The van der Waals surface area contributed by atoms with Crippen LogP contribution in [0.3, 0.4) is 0 Å². The molecule has 1 unspecified atom stereocenters. The Hall–Kier alpha value is -4.27. The van der Waals surface area contributed by atoms with Gasteiger partial charge >= 0.3 is 6.18 Å². The van der Waals surface area contributed by atoms with Crippen molar-refractivity contribution in [3.05, 3.63) is 101 Å². The van der Waals surface area contributed by atoms with Gasteiger partial charge in [0.15, 0.2) is 0 Å². The van der Waals surface area contributed by atoms with Crippen LogP contribution in [0.2, 0.25) is 0 Å². The van der Waals surface area contributed by atoms with E-state index in [0.29, 0.717) is 11.3 Å². The summed E-state index contributed by atoms with van der Waals surface area (Å²) in [5.74, 6) is -1.91. The van der Waals surface area contributed by atoms with E-state index in [4.69, 9.17) is 4.74 Å². The molecule has 35 heavy (non-hydrogen) atoms. The number of phenolic OH excluding ortho intramolecular Hbond substituents is 1. The molecule has 1 amide bonds. The van der Waals surface area contributed by atoms with E-state index in [1.807, 2.05) is 0 Å². The minimum Gasteiger partial charge on any atom is -0.508 e. The molecule has 0 saturated carbocycles. The molecule has 0 aliphatic carbocycles. The lowest BCUT2D eigenvalue weighted by Gasteiger charge is -2.26. The highest BCUT2D eigenvalue weighted by atomic mass is 19.4. The third kappa shape index (κ3) is 4.70.